The average molecular weight is 241 g/mol. The van der Waals surface area contributed by atoms with E-state index in [9.17, 15) is 0 Å². The first kappa shape index (κ1) is 10.5. The largest absolute Gasteiger partial charge is 0.497 e. The molecule has 2 aromatic heterocycles. The molecule has 0 unspecified atom stereocenters. The van der Waals surface area contributed by atoms with Crippen LogP contribution in [0.15, 0.2) is 36.8 Å². The first-order valence-corrected chi connectivity index (χ1v) is 5.38. The van der Waals surface area contributed by atoms with Gasteiger partial charge in [0.2, 0.25) is 0 Å². The van der Waals surface area contributed by atoms with Crippen LogP contribution in [0.4, 0.5) is 5.69 Å². The maximum atomic E-state index is 6.00. The quantitative estimate of drug-likeness (QED) is 0.686. The molecule has 0 saturated heterocycles. The van der Waals surface area contributed by atoms with Crippen LogP contribution in [0.1, 0.15) is 0 Å². The van der Waals surface area contributed by atoms with Crippen LogP contribution in [0, 0.1) is 0 Å². The molecule has 0 amide bonds. The monoisotopic (exact) mass is 241 g/mol. The zero-order valence-electron chi connectivity index (χ0n) is 9.74. The lowest BCUT2D eigenvalue weighted by Gasteiger charge is -2.06. The van der Waals surface area contributed by atoms with Crippen LogP contribution in [0.2, 0.25) is 0 Å². The molecule has 6 nitrogen and oxygen atoms in total. The summed E-state index contributed by atoms with van der Waals surface area (Å²) in [6, 6.07) is 7.24. The van der Waals surface area contributed by atoms with E-state index in [1.807, 2.05) is 12.1 Å². The van der Waals surface area contributed by atoms with Gasteiger partial charge in [-0.15, -0.1) is 10.2 Å². The third-order valence-electron chi connectivity index (χ3n) is 2.71. The van der Waals surface area contributed by atoms with E-state index in [0.717, 1.165) is 11.2 Å². The summed E-state index contributed by atoms with van der Waals surface area (Å²) in [5, 5.41) is 8.20. The third kappa shape index (κ3) is 1.55. The highest BCUT2D eigenvalue weighted by Gasteiger charge is 2.11. The van der Waals surface area contributed by atoms with Gasteiger partial charge in [-0.2, -0.15) is 0 Å². The summed E-state index contributed by atoms with van der Waals surface area (Å²) < 4.78 is 6.91. The highest BCUT2D eigenvalue weighted by atomic mass is 16.5. The van der Waals surface area contributed by atoms with Crippen molar-refractivity contribution in [1.82, 2.24) is 19.6 Å². The molecule has 2 heterocycles. The molecular weight excluding hydrogens is 230 g/mol. The van der Waals surface area contributed by atoms with Crippen LogP contribution in [0.3, 0.4) is 0 Å². The second-order valence-electron chi connectivity index (χ2n) is 3.79. The van der Waals surface area contributed by atoms with Crippen molar-refractivity contribution in [3.8, 4) is 17.1 Å². The Bertz CT molecular complexity index is 707. The first-order valence-electron chi connectivity index (χ1n) is 5.38. The Balaban J connectivity index is 2.20. The van der Waals surface area contributed by atoms with Crippen molar-refractivity contribution < 1.29 is 4.74 Å². The number of hydrogen-bond acceptors (Lipinski definition) is 5. The molecule has 0 atom stereocenters. The van der Waals surface area contributed by atoms with Crippen molar-refractivity contribution in [3.63, 3.8) is 0 Å². The normalized spacial score (nSPS) is 10.7. The number of anilines is 1. The summed E-state index contributed by atoms with van der Waals surface area (Å²) in [6.07, 6.45) is 3.33. The molecular formula is C12H11N5O. The Morgan fingerprint density at radius 2 is 2.11 bits per heavy atom. The zero-order chi connectivity index (χ0) is 12.5. The number of hydrogen-bond donors (Lipinski definition) is 1. The first-order chi connectivity index (χ1) is 8.79. The minimum absolute atomic E-state index is 0.590. The Labute approximate surface area is 103 Å². The van der Waals surface area contributed by atoms with E-state index >= 15 is 0 Å². The van der Waals surface area contributed by atoms with Gasteiger partial charge in [0, 0.05) is 29.6 Å². The lowest BCUT2D eigenvalue weighted by Crippen LogP contribution is -1.96. The van der Waals surface area contributed by atoms with Crippen molar-refractivity contribution in [2.45, 2.75) is 0 Å². The Kier molecular flexibility index (Phi) is 2.33. The topological polar surface area (TPSA) is 78.3 Å². The van der Waals surface area contributed by atoms with Crippen LogP contribution < -0.4 is 10.5 Å². The van der Waals surface area contributed by atoms with E-state index in [0.29, 0.717) is 17.3 Å². The molecule has 0 aliphatic carbocycles. The maximum absolute atomic E-state index is 6.00. The fraction of sp³-hybridized carbons (Fsp3) is 0.0833. The van der Waals surface area contributed by atoms with E-state index in [1.165, 1.54) is 0 Å². The van der Waals surface area contributed by atoms with Gasteiger partial charge >= 0.3 is 0 Å². The number of fused-ring (bicyclic) bond motifs is 1. The van der Waals surface area contributed by atoms with Crippen molar-refractivity contribution in [2.24, 2.45) is 0 Å². The average Bonchev–Trinajstić information content (AvgIpc) is 2.82. The van der Waals surface area contributed by atoms with E-state index in [1.54, 1.807) is 36.2 Å². The van der Waals surface area contributed by atoms with Crippen molar-refractivity contribution in [2.75, 3.05) is 12.8 Å². The fourth-order valence-corrected chi connectivity index (χ4v) is 1.80. The lowest BCUT2D eigenvalue weighted by atomic mass is 10.1. The number of methoxy groups -OCH3 is 1. The molecule has 0 aliphatic rings. The Morgan fingerprint density at radius 1 is 1.22 bits per heavy atom. The van der Waals surface area contributed by atoms with Crippen molar-refractivity contribution in [3.05, 3.63) is 36.8 Å². The number of nitrogens with two attached hydrogens (primary N) is 1. The van der Waals surface area contributed by atoms with E-state index in [2.05, 4.69) is 15.2 Å². The number of rotatable bonds is 2. The molecule has 0 saturated carbocycles. The van der Waals surface area contributed by atoms with Crippen LogP contribution in [-0.2, 0) is 0 Å². The SMILES string of the molecule is COc1ccc(-c2nnc3ccncn23)c(N)c1. The van der Waals surface area contributed by atoms with Crippen molar-refractivity contribution >= 4 is 11.3 Å². The van der Waals surface area contributed by atoms with Crippen LogP contribution in [0.5, 0.6) is 5.75 Å². The van der Waals surface area contributed by atoms with Crippen LogP contribution in [0.25, 0.3) is 17.0 Å². The molecule has 0 fully saturated rings. The molecule has 0 spiro atoms. The van der Waals surface area contributed by atoms with Gasteiger partial charge in [-0.25, -0.2) is 4.98 Å². The molecule has 18 heavy (non-hydrogen) atoms. The second kappa shape index (κ2) is 3.99. The van der Waals surface area contributed by atoms with E-state index < -0.39 is 0 Å². The molecule has 2 N–H and O–H groups in total. The summed E-state index contributed by atoms with van der Waals surface area (Å²) in [5.74, 6) is 1.38. The number of aromatic nitrogens is 4. The van der Waals surface area contributed by atoms with Gasteiger partial charge in [0.15, 0.2) is 11.5 Å². The fourth-order valence-electron chi connectivity index (χ4n) is 1.80. The van der Waals surface area contributed by atoms with Gasteiger partial charge in [-0.05, 0) is 12.1 Å². The number of ether oxygens (including phenoxy) is 1. The minimum atomic E-state index is 0.590. The van der Waals surface area contributed by atoms with Gasteiger partial charge in [0.25, 0.3) is 0 Å². The minimum Gasteiger partial charge on any atom is -0.497 e. The van der Waals surface area contributed by atoms with Gasteiger partial charge in [0.1, 0.15) is 12.1 Å². The molecule has 0 aliphatic heterocycles. The van der Waals surface area contributed by atoms with E-state index in [4.69, 9.17) is 10.5 Å². The predicted molar refractivity (Wildman–Crippen MR) is 67.2 cm³/mol. The van der Waals surface area contributed by atoms with Gasteiger partial charge < -0.3 is 10.5 Å². The highest BCUT2D eigenvalue weighted by molar-refractivity contribution is 5.74. The molecule has 0 radical (unpaired) electrons. The highest BCUT2D eigenvalue weighted by Crippen LogP contribution is 2.28. The maximum Gasteiger partial charge on any atom is 0.171 e. The van der Waals surface area contributed by atoms with Gasteiger partial charge in [-0.3, -0.25) is 4.40 Å². The summed E-state index contributed by atoms with van der Waals surface area (Å²) in [7, 11) is 1.60. The van der Waals surface area contributed by atoms with E-state index in [-0.39, 0.29) is 0 Å². The molecule has 1 aromatic carbocycles. The zero-order valence-corrected chi connectivity index (χ0v) is 9.74. The Hall–Kier alpha value is -2.63. The van der Waals surface area contributed by atoms with Crippen LogP contribution >= 0.6 is 0 Å². The summed E-state index contributed by atoms with van der Waals surface area (Å²) >= 11 is 0. The Morgan fingerprint density at radius 3 is 2.89 bits per heavy atom. The number of benzene rings is 1. The standard InChI is InChI=1S/C12H11N5O/c1-18-8-2-3-9(10(13)6-8)12-16-15-11-4-5-14-7-17(11)12/h2-7H,13H2,1H3. The number of nitrogen functional groups attached to an aromatic ring is 1. The third-order valence-corrected chi connectivity index (χ3v) is 2.71. The molecule has 3 rings (SSSR count). The predicted octanol–water partition coefficient (Wildman–Crippen LogP) is 1.38. The second-order valence-corrected chi connectivity index (χ2v) is 3.79. The molecule has 90 valence electrons. The smallest absolute Gasteiger partial charge is 0.171 e. The van der Waals surface area contributed by atoms with Gasteiger partial charge in [-0.1, -0.05) is 0 Å². The molecule has 0 bridgehead atoms. The van der Waals surface area contributed by atoms with Crippen molar-refractivity contribution in [1.29, 1.82) is 0 Å². The number of nitrogens with zero attached hydrogens (tertiary/aromatic N) is 4. The summed E-state index contributed by atoms with van der Waals surface area (Å²) in [6.45, 7) is 0. The summed E-state index contributed by atoms with van der Waals surface area (Å²) in [5.41, 5.74) is 8.12. The van der Waals surface area contributed by atoms with Crippen LogP contribution in [-0.4, -0.2) is 26.7 Å². The summed E-state index contributed by atoms with van der Waals surface area (Å²) in [4.78, 5) is 4.05. The molecule has 6 heteroatoms. The lowest BCUT2D eigenvalue weighted by molar-refractivity contribution is 0.415. The van der Waals surface area contributed by atoms with Gasteiger partial charge in [0.05, 0.1) is 7.11 Å². The molecule has 3 aromatic rings.